The molecule has 1 spiro atoms. The van der Waals surface area contributed by atoms with Gasteiger partial charge in [-0.2, -0.15) is 0 Å². The molecule has 0 bridgehead atoms. The van der Waals surface area contributed by atoms with Gasteiger partial charge in [0.25, 0.3) is 0 Å². The van der Waals surface area contributed by atoms with E-state index in [1.54, 1.807) is 6.92 Å². The molecule has 0 saturated carbocycles. The first-order valence-electron chi connectivity index (χ1n) is 11.4. The van der Waals surface area contributed by atoms with Gasteiger partial charge in [0.1, 0.15) is 0 Å². The molecular formula is C27H28O2. The maximum absolute atomic E-state index is 12.7. The highest BCUT2D eigenvalue weighted by molar-refractivity contribution is 5.99. The van der Waals surface area contributed by atoms with Gasteiger partial charge in [-0.25, -0.2) is 0 Å². The number of benzene rings is 2. The molecule has 29 heavy (non-hydrogen) atoms. The van der Waals surface area contributed by atoms with E-state index in [1.807, 2.05) is 0 Å². The summed E-state index contributed by atoms with van der Waals surface area (Å²) >= 11 is 0. The molecule has 1 atom stereocenters. The maximum Gasteiger partial charge on any atom is 0.163 e. The van der Waals surface area contributed by atoms with Crippen molar-refractivity contribution in [2.75, 3.05) is 0 Å². The van der Waals surface area contributed by atoms with Gasteiger partial charge < -0.3 is 0 Å². The first kappa shape index (κ1) is 17.6. The molecule has 0 amide bonds. The summed E-state index contributed by atoms with van der Waals surface area (Å²) in [7, 11) is 0. The molecule has 2 heteroatoms. The first-order chi connectivity index (χ1) is 14.0. The van der Waals surface area contributed by atoms with Crippen LogP contribution in [0.15, 0.2) is 18.2 Å². The lowest BCUT2D eigenvalue weighted by molar-refractivity contribution is 0.0970. The molecule has 0 saturated heterocycles. The third-order valence-electron chi connectivity index (χ3n) is 8.03. The second-order valence-corrected chi connectivity index (χ2v) is 10.1. The molecule has 2 aromatic rings. The Balaban J connectivity index is 1.40. The van der Waals surface area contributed by atoms with Crippen LogP contribution >= 0.6 is 0 Å². The Morgan fingerprint density at radius 1 is 0.724 bits per heavy atom. The van der Waals surface area contributed by atoms with Crippen LogP contribution in [0.3, 0.4) is 0 Å². The minimum Gasteiger partial charge on any atom is -0.294 e. The van der Waals surface area contributed by atoms with Crippen molar-refractivity contribution in [1.29, 1.82) is 0 Å². The summed E-state index contributed by atoms with van der Waals surface area (Å²) in [6.07, 6.45) is 11.7. The summed E-state index contributed by atoms with van der Waals surface area (Å²) in [4.78, 5) is 25.1. The van der Waals surface area contributed by atoms with Crippen molar-refractivity contribution in [2.45, 2.75) is 77.6 Å². The molecule has 0 heterocycles. The number of Topliss-reactive ketones (excluding diaryl/α,β-unsaturated/α-hetero) is 2. The second kappa shape index (κ2) is 6.14. The molecule has 2 aromatic carbocycles. The minimum atomic E-state index is 0.214. The van der Waals surface area contributed by atoms with Crippen LogP contribution in [0.2, 0.25) is 0 Å². The van der Waals surface area contributed by atoms with Gasteiger partial charge in [-0.15, -0.1) is 0 Å². The number of carbonyl (C=O) groups is 2. The van der Waals surface area contributed by atoms with Gasteiger partial charge in [-0.3, -0.25) is 9.59 Å². The van der Waals surface area contributed by atoms with Crippen LogP contribution in [-0.4, -0.2) is 11.6 Å². The summed E-state index contributed by atoms with van der Waals surface area (Å²) in [5.74, 6) is 0.588. The van der Waals surface area contributed by atoms with Crippen molar-refractivity contribution in [3.8, 4) is 0 Å². The Hall–Kier alpha value is -2.22. The number of hydrogen-bond acceptors (Lipinski definition) is 2. The van der Waals surface area contributed by atoms with E-state index >= 15 is 0 Å². The monoisotopic (exact) mass is 384 g/mol. The Kier molecular flexibility index (Phi) is 3.73. The van der Waals surface area contributed by atoms with E-state index in [1.165, 1.54) is 51.8 Å². The predicted octanol–water partition coefficient (Wildman–Crippen LogP) is 5.17. The zero-order valence-corrected chi connectivity index (χ0v) is 17.3. The highest BCUT2D eigenvalue weighted by Crippen LogP contribution is 2.50. The second-order valence-electron chi connectivity index (χ2n) is 10.1. The largest absolute Gasteiger partial charge is 0.294 e. The molecule has 0 aromatic heterocycles. The standard InChI is InChI=1S/C27H28O2/c1-16(28)26-22-7-3-2-5-17(22)10-21-14-27(15-24(21)26)12-19-9-18-6-4-8-25(29)23(18)11-20(19)13-27/h9-11H,2-8,12-15H2,1H3/t27-/m0/s1. The van der Waals surface area contributed by atoms with E-state index < -0.39 is 0 Å². The van der Waals surface area contributed by atoms with Gasteiger partial charge in [-0.05, 0) is 122 Å². The highest BCUT2D eigenvalue weighted by Gasteiger charge is 2.44. The number of aryl methyl sites for hydroxylation is 2. The Morgan fingerprint density at radius 2 is 1.41 bits per heavy atom. The summed E-state index contributed by atoms with van der Waals surface area (Å²) in [6.45, 7) is 1.76. The quantitative estimate of drug-likeness (QED) is 0.636. The van der Waals surface area contributed by atoms with Crippen molar-refractivity contribution in [2.24, 2.45) is 5.41 Å². The van der Waals surface area contributed by atoms with Crippen molar-refractivity contribution in [3.63, 3.8) is 0 Å². The van der Waals surface area contributed by atoms with Gasteiger partial charge in [0.05, 0.1) is 0 Å². The van der Waals surface area contributed by atoms with E-state index in [-0.39, 0.29) is 11.2 Å². The summed E-state index contributed by atoms with van der Waals surface area (Å²) in [5, 5.41) is 0. The van der Waals surface area contributed by atoms with Gasteiger partial charge in [0.2, 0.25) is 0 Å². The molecule has 0 unspecified atom stereocenters. The molecule has 148 valence electrons. The molecule has 0 aliphatic heterocycles. The fraction of sp³-hybridized carbons (Fsp3) is 0.481. The van der Waals surface area contributed by atoms with E-state index in [0.29, 0.717) is 12.2 Å². The third kappa shape index (κ3) is 2.61. The molecular weight excluding hydrogens is 356 g/mol. The van der Waals surface area contributed by atoms with Crippen LogP contribution in [-0.2, 0) is 44.9 Å². The zero-order valence-electron chi connectivity index (χ0n) is 17.3. The molecule has 0 N–H and O–H groups in total. The van der Waals surface area contributed by atoms with Gasteiger partial charge in [-0.1, -0.05) is 12.1 Å². The number of hydrogen-bond donors (Lipinski definition) is 0. The molecule has 4 aliphatic rings. The van der Waals surface area contributed by atoms with E-state index in [9.17, 15) is 9.59 Å². The fourth-order valence-corrected chi connectivity index (χ4v) is 6.87. The molecule has 2 nitrogen and oxygen atoms in total. The van der Waals surface area contributed by atoms with E-state index in [2.05, 4.69) is 18.2 Å². The lowest BCUT2D eigenvalue weighted by Gasteiger charge is -2.22. The summed E-state index contributed by atoms with van der Waals surface area (Å²) < 4.78 is 0. The Bertz CT molecular complexity index is 1090. The topological polar surface area (TPSA) is 34.1 Å². The lowest BCUT2D eigenvalue weighted by atomic mass is 9.81. The van der Waals surface area contributed by atoms with Gasteiger partial charge in [0.15, 0.2) is 11.6 Å². The SMILES string of the molecule is CC(=O)c1c2c(cc3c1C[C@]1(Cc4cc5c(cc4C1)C(=O)CCC5)C3)CCCC2. The Labute approximate surface area is 172 Å². The maximum atomic E-state index is 12.7. The third-order valence-corrected chi connectivity index (χ3v) is 8.03. The summed E-state index contributed by atoms with van der Waals surface area (Å²) in [5.41, 5.74) is 12.0. The Morgan fingerprint density at radius 3 is 2.24 bits per heavy atom. The number of rotatable bonds is 1. The normalized spacial score (nSPS) is 24.2. The average Bonchev–Trinajstić information content (AvgIpc) is 3.21. The lowest BCUT2D eigenvalue weighted by Crippen LogP contribution is -2.21. The van der Waals surface area contributed by atoms with Crippen molar-refractivity contribution in [3.05, 3.63) is 68.3 Å². The summed E-state index contributed by atoms with van der Waals surface area (Å²) in [6, 6.07) is 7.01. The van der Waals surface area contributed by atoms with E-state index in [4.69, 9.17) is 0 Å². The highest BCUT2D eigenvalue weighted by atomic mass is 16.1. The number of carbonyl (C=O) groups excluding carboxylic acids is 2. The first-order valence-corrected chi connectivity index (χ1v) is 11.4. The molecule has 4 aliphatic carbocycles. The minimum absolute atomic E-state index is 0.214. The van der Waals surface area contributed by atoms with Crippen molar-refractivity contribution >= 4 is 11.6 Å². The van der Waals surface area contributed by atoms with Crippen LogP contribution in [0.4, 0.5) is 0 Å². The number of fused-ring (bicyclic) bond motifs is 4. The van der Waals surface area contributed by atoms with Crippen molar-refractivity contribution < 1.29 is 9.59 Å². The molecule has 0 fully saturated rings. The van der Waals surface area contributed by atoms with Crippen LogP contribution in [0.25, 0.3) is 0 Å². The number of ketones is 2. The van der Waals surface area contributed by atoms with Crippen LogP contribution < -0.4 is 0 Å². The predicted molar refractivity (Wildman–Crippen MR) is 114 cm³/mol. The fourth-order valence-electron chi connectivity index (χ4n) is 6.87. The van der Waals surface area contributed by atoms with E-state index in [0.717, 1.165) is 62.5 Å². The molecule has 6 rings (SSSR count). The van der Waals surface area contributed by atoms with Crippen molar-refractivity contribution in [1.82, 2.24) is 0 Å². The van der Waals surface area contributed by atoms with Crippen LogP contribution in [0.5, 0.6) is 0 Å². The van der Waals surface area contributed by atoms with Gasteiger partial charge >= 0.3 is 0 Å². The molecule has 0 radical (unpaired) electrons. The smallest absolute Gasteiger partial charge is 0.163 e. The van der Waals surface area contributed by atoms with Gasteiger partial charge in [0, 0.05) is 17.5 Å². The van der Waals surface area contributed by atoms with Crippen LogP contribution in [0, 0.1) is 5.41 Å². The van der Waals surface area contributed by atoms with Crippen LogP contribution in [0.1, 0.15) is 92.3 Å². The zero-order chi connectivity index (χ0) is 19.8. The average molecular weight is 385 g/mol.